The van der Waals surface area contributed by atoms with Gasteiger partial charge in [-0.2, -0.15) is 0 Å². The summed E-state index contributed by atoms with van der Waals surface area (Å²) in [6.07, 6.45) is 4.31. The van der Waals surface area contributed by atoms with Crippen LogP contribution in [0.2, 0.25) is 5.02 Å². The first-order valence-corrected chi connectivity index (χ1v) is 17.6. The van der Waals surface area contributed by atoms with Gasteiger partial charge in [0.2, 0.25) is 0 Å². The van der Waals surface area contributed by atoms with Gasteiger partial charge in [-0.05, 0) is 64.8 Å². The van der Waals surface area contributed by atoms with Crippen LogP contribution >= 0.6 is 23.4 Å². The molecule has 3 aromatic rings. The molecular weight excluding hydrogens is 671 g/mol. The molecule has 1 aromatic heterocycles. The van der Waals surface area contributed by atoms with E-state index >= 15 is 0 Å². The number of piperidine rings is 1. The first-order valence-electron chi connectivity index (χ1n) is 14.9. The van der Waals surface area contributed by atoms with Crippen molar-refractivity contribution in [3.8, 4) is 0 Å². The highest BCUT2D eigenvalue weighted by atomic mass is 35.5. The van der Waals surface area contributed by atoms with Crippen molar-refractivity contribution < 1.29 is 31.9 Å². The maximum atomic E-state index is 14.0. The van der Waals surface area contributed by atoms with Crippen molar-refractivity contribution in [2.75, 3.05) is 29.9 Å². The minimum Gasteiger partial charge on any atom is -0.444 e. The van der Waals surface area contributed by atoms with Gasteiger partial charge in [0, 0.05) is 23.4 Å². The number of ether oxygens (including phenoxy) is 2. The predicted molar refractivity (Wildman–Crippen MR) is 176 cm³/mol. The highest BCUT2D eigenvalue weighted by Gasteiger charge is 2.50. The summed E-state index contributed by atoms with van der Waals surface area (Å²) in [6, 6.07) is 8.32. The van der Waals surface area contributed by atoms with E-state index in [0.717, 1.165) is 25.0 Å². The molecule has 2 aliphatic rings. The highest BCUT2D eigenvalue weighted by Crippen LogP contribution is 2.43. The van der Waals surface area contributed by atoms with E-state index in [9.17, 15) is 22.4 Å². The number of benzene rings is 2. The van der Waals surface area contributed by atoms with E-state index in [2.05, 4.69) is 25.5 Å². The van der Waals surface area contributed by atoms with Gasteiger partial charge >= 0.3 is 12.1 Å². The van der Waals surface area contributed by atoms with E-state index in [1.54, 1.807) is 29.2 Å². The lowest BCUT2D eigenvalue weighted by atomic mass is 9.73. The quantitative estimate of drug-likeness (QED) is 0.274. The number of anilines is 2. The number of alkyl carbamates (subject to hydrolysis) is 1. The Hall–Kier alpha value is -3.66. The number of hydrogen-bond acceptors (Lipinski definition) is 10. The van der Waals surface area contributed by atoms with Crippen LogP contribution < -0.4 is 20.3 Å². The van der Waals surface area contributed by atoms with Crippen molar-refractivity contribution in [1.29, 1.82) is 0 Å². The van der Waals surface area contributed by atoms with Crippen molar-refractivity contribution in [3.63, 3.8) is 0 Å². The van der Waals surface area contributed by atoms with Gasteiger partial charge in [-0.15, -0.1) is 0 Å². The van der Waals surface area contributed by atoms with Crippen molar-refractivity contribution >= 4 is 57.0 Å². The Morgan fingerprint density at radius 3 is 2.49 bits per heavy atom. The van der Waals surface area contributed by atoms with Gasteiger partial charge in [0.05, 0.1) is 41.9 Å². The van der Waals surface area contributed by atoms with Crippen molar-refractivity contribution in [2.45, 2.75) is 73.1 Å². The van der Waals surface area contributed by atoms with Crippen LogP contribution in [0, 0.1) is 11.2 Å². The molecule has 16 heteroatoms. The van der Waals surface area contributed by atoms with Crippen LogP contribution in [0.25, 0.3) is 0 Å². The van der Waals surface area contributed by atoms with E-state index in [4.69, 9.17) is 21.1 Å². The van der Waals surface area contributed by atoms with Crippen LogP contribution in [0.5, 0.6) is 0 Å². The highest BCUT2D eigenvalue weighted by molar-refractivity contribution is 7.99. The van der Waals surface area contributed by atoms with E-state index in [0.29, 0.717) is 35.4 Å². The van der Waals surface area contributed by atoms with Gasteiger partial charge in [-0.1, -0.05) is 41.6 Å². The third-order valence-electron chi connectivity index (χ3n) is 7.91. The van der Waals surface area contributed by atoms with Crippen LogP contribution in [-0.2, 0) is 19.5 Å². The number of amides is 3. The number of carbonyl (C=O) groups is 2. The number of nitrogens with zero attached hydrogens (tertiary/aromatic N) is 3. The van der Waals surface area contributed by atoms with Crippen molar-refractivity contribution in [1.82, 2.24) is 20.0 Å². The number of rotatable bonds is 7. The van der Waals surface area contributed by atoms with Crippen LogP contribution in [0.15, 0.2) is 69.7 Å². The van der Waals surface area contributed by atoms with E-state index in [1.807, 2.05) is 27.7 Å². The molecule has 5 rings (SSSR count). The average molecular weight is 707 g/mol. The molecule has 3 amide bonds. The Bertz CT molecular complexity index is 1730. The zero-order chi connectivity index (χ0) is 34.0. The molecule has 0 radical (unpaired) electrons. The molecule has 0 bridgehead atoms. The fraction of sp³-hybridized carbons (Fsp3) is 0.419. The maximum absolute atomic E-state index is 14.0. The SMILES string of the molecule is C[C@@H]1OCC2(CCN(c3cnc(Sc4cccc(NC(=O)NS(=O)(=O)c5ccccc5F)c4Cl)cn3)CC2)[C@@H]1NC(=O)OC(C)(C)C. The summed E-state index contributed by atoms with van der Waals surface area (Å²) >= 11 is 7.76. The third kappa shape index (κ3) is 8.26. The van der Waals surface area contributed by atoms with Gasteiger partial charge in [-0.3, -0.25) is 0 Å². The monoisotopic (exact) mass is 706 g/mol. The Morgan fingerprint density at radius 1 is 1.11 bits per heavy atom. The molecule has 3 N–H and O–H groups in total. The first kappa shape index (κ1) is 34.7. The average Bonchev–Trinajstić information content (AvgIpc) is 3.28. The maximum Gasteiger partial charge on any atom is 0.407 e. The standard InChI is InChI=1S/C31H36ClFN6O6S2/c1-19-27(37-29(41)45-30(2,3)4)31(18-44-19)12-14-39(15-13-31)24-16-35-25(17-34-24)46-22-10-7-9-21(26(22)32)36-28(40)38-47(42,43)23-11-6-5-8-20(23)33/h5-11,16-17,19,27H,12-15,18H2,1-4H3,(H,37,41)(H2,36,38,40)/t19-,27+/m0/s1. The molecule has 1 spiro atoms. The second kappa shape index (κ2) is 13.8. The minimum atomic E-state index is -4.45. The Labute approximate surface area is 282 Å². The Kier molecular flexibility index (Phi) is 10.2. The zero-order valence-corrected chi connectivity index (χ0v) is 28.6. The van der Waals surface area contributed by atoms with E-state index in [-0.39, 0.29) is 28.3 Å². The molecular formula is C31H36ClFN6O6S2. The lowest BCUT2D eigenvalue weighted by molar-refractivity contribution is 0.0434. The molecule has 47 heavy (non-hydrogen) atoms. The topological polar surface area (TPSA) is 152 Å². The lowest BCUT2D eigenvalue weighted by Crippen LogP contribution is -2.55. The van der Waals surface area contributed by atoms with Crippen molar-refractivity contribution in [3.05, 3.63) is 65.7 Å². The van der Waals surface area contributed by atoms with Crippen LogP contribution in [0.4, 0.5) is 25.5 Å². The summed E-state index contributed by atoms with van der Waals surface area (Å²) < 4.78 is 52.2. The minimum absolute atomic E-state index is 0.132. The molecule has 2 aliphatic heterocycles. The molecule has 0 aliphatic carbocycles. The summed E-state index contributed by atoms with van der Waals surface area (Å²) in [6.45, 7) is 9.44. The van der Waals surface area contributed by atoms with Gasteiger partial charge < -0.3 is 25.0 Å². The van der Waals surface area contributed by atoms with Gasteiger partial charge in [0.15, 0.2) is 0 Å². The van der Waals surface area contributed by atoms with Gasteiger partial charge in [0.1, 0.15) is 27.2 Å². The second-order valence-electron chi connectivity index (χ2n) is 12.4. The molecule has 0 saturated carbocycles. The summed E-state index contributed by atoms with van der Waals surface area (Å²) in [7, 11) is -4.45. The number of hydrogen-bond donors (Lipinski definition) is 3. The van der Waals surface area contributed by atoms with E-state index < -0.39 is 38.5 Å². The number of sulfonamides is 1. The molecule has 12 nitrogen and oxygen atoms in total. The van der Waals surface area contributed by atoms with Crippen LogP contribution in [0.1, 0.15) is 40.5 Å². The lowest BCUT2D eigenvalue weighted by Gasteiger charge is -2.42. The fourth-order valence-electron chi connectivity index (χ4n) is 5.63. The van der Waals surface area contributed by atoms with Gasteiger partial charge in [0.25, 0.3) is 10.0 Å². The Balaban J connectivity index is 1.18. The zero-order valence-electron chi connectivity index (χ0n) is 26.2. The number of carbonyl (C=O) groups excluding carboxylic acids is 2. The van der Waals surface area contributed by atoms with Crippen molar-refractivity contribution in [2.24, 2.45) is 5.41 Å². The smallest absolute Gasteiger partial charge is 0.407 e. The third-order valence-corrected chi connectivity index (χ3v) is 10.8. The molecule has 2 saturated heterocycles. The number of nitrogens with one attached hydrogen (secondary N) is 3. The molecule has 2 atom stereocenters. The number of halogens is 2. The number of urea groups is 1. The molecule has 2 aromatic carbocycles. The Morgan fingerprint density at radius 2 is 1.83 bits per heavy atom. The normalized spacial score (nSPS) is 19.3. The molecule has 3 heterocycles. The van der Waals surface area contributed by atoms with Gasteiger partial charge in [-0.25, -0.2) is 37.1 Å². The fourth-order valence-corrected chi connectivity index (χ4v) is 7.69. The molecule has 0 unspecified atom stereocenters. The first-order chi connectivity index (χ1) is 22.2. The summed E-state index contributed by atoms with van der Waals surface area (Å²) in [5.41, 5.74) is -0.649. The van der Waals surface area contributed by atoms with Crippen LogP contribution in [-0.4, -0.2) is 68.0 Å². The molecule has 2 fully saturated rings. The largest absolute Gasteiger partial charge is 0.444 e. The molecule has 252 valence electrons. The summed E-state index contributed by atoms with van der Waals surface area (Å²) in [5.74, 6) is -0.276. The number of aromatic nitrogens is 2. The van der Waals surface area contributed by atoms with E-state index in [1.165, 1.54) is 30.0 Å². The second-order valence-corrected chi connectivity index (χ2v) is 15.5. The summed E-state index contributed by atoms with van der Waals surface area (Å²) in [4.78, 5) is 36.2. The van der Waals surface area contributed by atoms with Crippen LogP contribution in [0.3, 0.4) is 0 Å². The summed E-state index contributed by atoms with van der Waals surface area (Å²) in [5, 5.41) is 6.16. The predicted octanol–water partition coefficient (Wildman–Crippen LogP) is 5.83.